The molecule has 0 aliphatic heterocycles. The van der Waals surface area contributed by atoms with Crippen LogP contribution in [0.3, 0.4) is 0 Å². The first kappa shape index (κ1) is 15.8. The summed E-state index contributed by atoms with van der Waals surface area (Å²) in [5, 5.41) is 2.46. The van der Waals surface area contributed by atoms with Gasteiger partial charge in [0.25, 0.3) is 0 Å². The molecule has 1 aromatic carbocycles. The minimum Gasteiger partial charge on any atom is -0.368 e. The van der Waals surface area contributed by atoms with Crippen molar-refractivity contribution >= 4 is 11.8 Å². The Morgan fingerprint density at radius 2 is 2.05 bits per heavy atom. The van der Waals surface area contributed by atoms with E-state index in [0.717, 1.165) is 12.1 Å². The van der Waals surface area contributed by atoms with Crippen LogP contribution in [0.25, 0.3) is 0 Å². The number of benzene rings is 1. The van der Waals surface area contributed by atoms with Gasteiger partial charge in [0, 0.05) is 0 Å². The van der Waals surface area contributed by atoms with Crippen LogP contribution in [0.1, 0.15) is 18.4 Å². The molecule has 0 radical (unpaired) electrons. The van der Waals surface area contributed by atoms with Gasteiger partial charge in [0.2, 0.25) is 11.8 Å². The molecule has 0 aliphatic carbocycles. The number of halogens is 2. The van der Waals surface area contributed by atoms with Crippen molar-refractivity contribution in [3.05, 3.63) is 48.1 Å². The van der Waals surface area contributed by atoms with Crippen LogP contribution in [0.2, 0.25) is 0 Å². The monoisotopic (exact) mass is 282 g/mol. The highest BCUT2D eigenvalue weighted by Gasteiger charge is 2.17. The van der Waals surface area contributed by atoms with E-state index in [9.17, 15) is 18.4 Å². The molecular weight excluding hydrogens is 266 g/mol. The van der Waals surface area contributed by atoms with Crippen LogP contribution in [0, 0.1) is 11.6 Å². The summed E-state index contributed by atoms with van der Waals surface area (Å²) in [5.41, 5.74) is 5.48. The fourth-order valence-electron chi connectivity index (χ4n) is 1.65. The van der Waals surface area contributed by atoms with Gasteiger partial charge in [0.1, 0.15) is 6.04 Å². The third-order valence-corrected chi connectivity index (χ3v) is 2.69. The average molecular weight is 282 g/mol. The normalized spacial score (nSPS) is 11.7. The second kappa shape index (κ2) is 7.37. The molecule has 0 spiro atoms. The van der Waals surface area contributed by atoms with E-state index in [4.69, 9.17) is 5.73 Å². The Balaban J connectivity index is 2.62. The van der Waals surface area contributed by atoms with Crippen molar-refractivity contribution < 1.29 is 18.4 Å². The highest BCUT2D eigenvalue weighted by atomic mass is 19.2. The van der Waals surface area contributed by atoms with E-state index in [2.05, 4.69) is 11.9 Å². The lowest BCUT2D eigenvalue weighted by atomic mass is 10.1. The fraction of sp³-hybridized carbons (Fsp3) is 0.286. The lowest BCUT2D eigenvalue weighted by Gasteiger charge is -2.14. The third-order valence-electron chi connectivity index (χ3n) is 2.69. The smallest absolute Gasteiger partial charge is 0.240 e. The lowest BCUT2D eigenvalue weighted by Crippen LogP contribution is -2.44. The van der Waals surface area contributed by atoms with Crippen molar-refractivity contribution in [3.8, 4) is 0 Å². The number of hydrogen-bond acceptors (Lipinski definition) is 2. The van der Waals surface area contributed by atoms with Crippen LogP contribution in [-0.2, 0) is 16.0 Å². The summed E-state index contributed by atoms with van der Waals surface area (Å²) in [5.74, 6) is -3.13. The van der Waals surface area contributed by atoms with Gasteiger partial charge in [-0.2, -0.15) is 0 Å². The molecule has 20 heavy (non-hydrogen) atoms. The molecule has 0 heterocycles. The summed E-state index contributed by atoms with van der Waals surface area (Å²) < 4.78 is 25.7. The van der Waals surface area contributed by atoms with E-state index < -0.39 is 29.5 Å². The quantitative estimate of drug-likeness (QED) is 0.743. The molecule has 1 atom stereocenters. The molecule has 108 valence electrons. The Hall–Kier alpha value is -2.24. The Bertz CT molecular complexity index is 518. The molecule has 3 N–H and O–H groups in total. The summed E-state index contributed by atoms with van der Waals surface area (Å²) in [6.45, 7) is 3.51. The number of rotatable bonds is 7. The van der Waals surface area contributed by atoms with Crippen LogP contribution < -0.4 is 11.1 Å². The molecule has 6 heteroatoms. The molecule has 1 rings (SSSR count). The summed E-state index contributed by atoms with van der Waals surface area (Å²) >= 11 is 0. The fourth-order valence-corrected chi connectivity index (χ4v) is 1.65. The number of nitrogens with one attached hydrogen (secondary N) is 1. The summed E-state index contributed by atoms with van der Waals surface area (Å²) in [4.78, 5) is 22.9. The van der Waals surface area contributed by atoms with Crippen LogP contribution in [0.5, 0.6) is 0 Å². The number of carbonyl (C=O) groups excluding carboxylic acids is 2. The number of amides is 2. The zero-order valence-corrected chi connectivity index (χ0v) is 10.9. The molecule has 0 bridgehead atoms. The predicted octanol–water partition coefficient (Wildman–Crippen LogP) is 1.44. The Kier molecular flexibility index (Phi) is 5.83. The second-order valence-electron chi connectivity index (χ2n) is 4.31. The highest BCUT2D eigenvalue weighted by molar-refractivity contribution is 5.87. The van der Waals surface area contributed by atoms with Gasteiger partial charge in [-0.25, -0.2) is 8.78 Å². The molecule has 1 aromatic rings. The molecule has 0 fully saturated rings. The lowest BCUT2D eigenvalue weighted by molar-refractivity contribution is -0.127. The molecule has 0 aliphatic rings. The molecule has 2 amide bonds. The number of carbonyl (C=O) groups is 2. The number of allylic oxidation sites excluding steroid dienone is 1. The van der Waals surface area contributed by atoms with Gasteiger partial charge in [-0.3, -0.25) is 9.59 Å². The predicted molar refractivity (Wildman–Crippen MR) is 70.6 cm³/mol. The molecule has 0 saturated heterocycles. The van der Waals surface area contributed by atoms with E-state index >= 15 is 0 Å². The van der Waals surface area contributed by atoms with E-state index in [1.807, 2.05) is 0 Å². The molecule has 0 aromatic heterocycles. The van der Waals surface area contributed by atoms with Crippen molar-refractivity contribution in [2.24, 2.45) is 5.73 Å². The van der Waals surface area contributed by atoms with Gasteiger partial charge in [-0.05, 0) is 30.5 Å². The SMILES string of the molecule is C=CCC[C@H](NC(=O)Cc1ccc(F)c(F)c1)C(N)=O. The van der Waals surface area contributed by atoms with E-state index in [1.54, 1.807) is 6.08 Å². The minimum atomic E-state index is -1.02. The van der Waals surface area contributed by atoms with Gasteiger partial charge in [0.15, 0.2) is 11.6 Å². The maximum Gasteiger partial charge on any atom is 0.240 e. The standard InChI is InChI=1S/C14H16F2N2O2/c1-2-3-4-12(14(17)20)18-13(19)8-9-5-6-10(15)11(16)7-9/h2,5-7,12H,1,3-4,8H2,(H2,17,20)(H,18,19)/t12-/m0/s1. The van der Waals surface area contributed by atoms with E-state index in [-0.39, 0.29) is 6.42 Å². The first-order valence-corrected chi connectivity index (χ1v) is 6.07. The Labute approximate surface area is 115 Å². The van der Waals surface area contributed by atoms with Crippen molar-refractivity contribution in [2.75, 3.05) is 0 Å². The molecule has 4 nitrogen and oxygen atoms in total. The second-order valence-corrected chi connectivity index (χ2v) is 4.31. The van der Waals surface area contributed by atoms with Gasteiger partial charge in [-0.1, -0.05) is 12.1 Å². The third kappa shape index (κ3) is 4.79. The van der Waals surface area contributed by atoms with Crippen LogP contribution in [0.4, 0.5) is 8.78 Å². The maximum atomic E-state index is 13.0. The van der Waals surface area contributed by atoms with Crippen molar-refractivity contribution in [1.29, 1.82) is 0 Å². The first-order chi connectivity index (χ1) is 9.43. The Morgan fingerprint density at radius 1 is 1.35 bits per heavy atom. The van der Waals surface area contributed by atoms with E-state index in [0.29, 0.717) is 18.4 Å². The minimum absolute atomic E-state index is 0.158. The van der Waals surface area contributed by atoms with E-state index in [1.165, 1.54) is 6.07 Å². The summed E-state index contributed by atoms with van der Waals surface area (Å²) in [7, 11) is 0. The Morgan fingerprint density at radius 3 is 2.60 bits per heavy atom. The zero-order chi connectivity index (χ0) is 15.1. The van der Waals surface area contributed by atoms with Gasteiger partial charge >= 0.3 is 0 Å². The average Bonchev–Trinajstić information content (AvgIpc) is 2.38. The molecule has 0 saturated carbocycles. The van der Waals surface area contributed by atoms with Gasteiger partial charge in [0.05, 0.1) is 6.42 Å². The van der Waals surface area contributed by atoms with Crippen molar-refractivity contribution in [3.63, 3.8) is 0 Å². The number of nitrogens with two attached hydrogens (primary N) is 1. The van der Waals surface area contributed by atoms with Crippen LogP contribution in [0.15, 0.2) is 30.9 Å². The van der Waals surface area contributed by atoms with Gasteiger partial charge in [-0.15, -0.1) is 6.58 Å². The molecule has 0 unspecified atom stereocenters. The van der Waals surface area contributed by atoms with Crippen LogP contribution >= 0.6 is 0 Å². The summed E-state index contributed by atoms with van der Waals surface area (Å²) in [6.07, 6.45) is 2.33. The van der Waals surface area contributed by atoms with Crippen molar-refractivity contribution in [1.82, 2.24) is 5.32 Å². The maximum absolute atomic E-state index is 13.0. The number of primary amides is 1. The largest absolute Gasteiger partial charge is 0.368 e. The first-order valence-electron chi connectivity index (χ1n) is 6.07. The molecular formula is C14H16F2N2O2. The zero-order valence-electron chi connectivity index (χ0n) is 10.9. The highest BCUT2D eigenvalue weighted by Crippen LogP contribution is 2.09. The van der Waals surface area contributed by atoms with Gasteiger partial charge < -0.3 is 11.1 Å². The van der Waals surface area contributed by atoms with Crippen LogP contribution in [-0.4, -0.2) is 17.9 Å². The number of hydrogen-bond donors (Lipinski definition) is 2. The van der Waals surface area contributed by atoms with Crippen molar-refractivity contribution in [2.45, 2.75) is 25.3 Å². The summed E-state index contributed by atoms with van der Waals surface area (Å²) in [6, 6.07) is 2.39. The topological polar surface area (TPSA) is 72.2 Å².